The summed E-state index contributed by atoms with van der Waals surface area (Å²) in [5.74, 6) is 0. The van der Waals surface area contributed by atoms with Crippen LogP contribution in [0.25, 0.3) is 0 Å². The van der Waals surface area contributed by atoms with Crippen molar-refractivity contribution in [1.29, 1.82) is 0 Å². The molecule has 0 aliphatic carbocycles. The maximum absolute atomic E-state index is 5.97. The fraction of sp³-hybridized carbons (Fsp3) is 0.600. The quantitative estimate of drug-likeness (QED) is 0.721. The molecule has 2 heteroatoms. The molecule has 17 heavy (non-hydrogen) atoms. The van der Waals surface area contributed by atoms with Crippen LogP contribution in [0.2, 0.25) is 0 Å². The van der Waals surface area contributed by atoms with Crippen molar-refractivity contribution < 1.29 is 0 Å². The van der Waals surface area contributed by atoms with Crippen molar-refractivity contribution in [3.8, 4) is 0 Å². The molecule has 0 bridgehead atoms. The predicted octanol–water partition coefficient (Wildman–Crippen LogP) is 3.57. The largest absolute Gasteiger partial charge is 0.385 e. The zero-order valence-electron chi connectivity index (χ0n) is 11.2. The Kier molecular flexibility index (Phi) is 6.71. The fourth-order valence-corrected chi connectivity index (χ4v) is 1.99. The van der Waals surface area contributed by atoms with Crippen LogP contribution in [0, 0.1) is 0 Å². The third-order valence-electron chi connectivity index (χ3n) is 3.00. The average Bonchev–Trinajstić information content (AvgIpc) is 2.32. The van der Waals surface area contributed by atoms with Crippen molar-refractivity contribution in [2.75, 3.05) is 11.9 Å². The van der Waals surface area contributed by atoms with Gasteiger partial charge in [-0.25, -0.2) is 0 Å². The van der Waals surface area contributed by atoms with Crippen LogP contribution >= 0.6 is 0 Å². The molecule has 0 aliphatic heterocycles. The van der Waals surface area contributed by atoms with Gasteiger partial charge in [0.2, 0.25) is 0 Å². The van der Waals surface area contributed by atoms with Crippen LogP contribution in [-0.4, -0.2) is 12.6 Å². The van der Waals surface area contributed by atoms with Gasteiger partial charge < -0.3 is 11.1 Å². The Labute approximate surface area is 106 Å². The number of nitrogens with two attached hydrogens (primary N) is 1. The van der Waals surface area contributed by atoms with Crippen LogP contribution in [-0.2, 0) is 6.42 Å². The molecule has 96 valence electrons. The summed E-state index contributed by atoms with van der Waals surface area (Å²) in [6, 6.07) is 9.08. The van der Waals surface area contributed by atoms with E-state index in [9.17, 15) is 0 Å². The van der Waals surface area contributed by atoms with Gasteiger partial charge in [-0.05, 0) is 37.0 Å². The second-order valence-corrected chi connectivity index (χ2v) is 4.71. The Morgan fingerprint density at radius 3 is 2.35 bits per heavy atom. The van der Waals surface area contributed by atoms with E-state index in [2.05, 4.69) is 43.4 Å². The molecule has 1 unspecified atom stereocenters. The summed E-state index contributed by atoms with van der Waals surface area (Å²) in [7, 11) is 0. The lowest BCUT2D eigenvalue weighted by Gasteiger charge is -2.12. The second kappa shape index (κ2) is 8.13. The summed E-state index contributed by atoms with van der Waals surface area (Å²) in [4.78, 5) is 0. The standard InChI is InChI=1S/C15H26N2/c1-3-5-13-7-9-15(10-8-13)17-12-11-14(16)6-4-2/h7-10,14,17H,3-6,11-12,16H2,1-2H3. The van der Waals surface area contributed by atoms with Gasteiger partial charge in [0.15, 0.2) is 0 Å². The van der Waals surface area contributed by atoms with Crippen LogP contribution in [0.1, 0.15) is 45.1 Å². The molecule has 1 atom stereocenters. The van der Waals surface area contributed by atoms with Gasteiger partial charge in [-0.2, -0.15) is 0 Å². The molecule has 1 aromatic carbocycles. The fourth-order valence-electron chi connectivity index (χ4n) is 1.99. The minimum Gasteiger partial charge on any atom is -0.385 e. The number of nitrogens with one attached hydrogen (secondary N) is 1. The molecule has 0 aliphatic rings. The zero-order valence-corrected chi connectivity index (χ0v) is 11.2. The third kappa shape index (κ3) is 5.73. The molecule has 0 fully saturated rings. The molecule has 0 amide bonds. The van der Waals surface area contributed by atoms with Crippen molar-refractivity contribution in [3.05, 3.63) is 29.8 Å². The molecule has 0 heterocycles. The van der Waals surface area contributed by atoms with E-state index >= 15 is 0 Å². The van der Waals surface area contributed by atoms with Crippen LogP contribution in [0.4, 0.5) is 5.69 Å². The first-order chi connectivity index (χ1) is 8.26. The Bertz CT molecular complexity index is 292. The van der Waals surface area contributed by atoms with E-state index in [-0.39, 0.29) is 0 Å². The van der Waals surface area contributed by atoms with E-state index in [1.807, 2.05) is 0 Å². The minimum absolute atomic E-state index is 0.340. The topological polar surface area (TPSA) is 38.0 Å². The van der Waals surface area contributed by atoms with Crippen LogP contribution in [0.15, 0.2) is 24.3 Å². The average molecular weight is 234 g/mol. The van der Waals surface area contributed by atoms with Gasteiger partial charge in [0.05, 0.1) is 0 Å². The number of hydrogen-bond donors (Lipinski definition) is 2. The number of anilines is 1. The molecule has 0 saturated carbocycles. The highest BCUT2D eigenvalue weighted by atomic mass is 14.9. The normalized spacial score (nSPS) is 12.4. The summed E-state index contributed by atoms with van der Waals surface area (Å²) in [6.45, 7) is 5.36. The number of hydrogen-bond acceptors (Lipinski definition) is 2. The highest BCUT2D eigenvalue weighted by Gasteiger charge is 2.00. The van der Waals surface area contributed by atoms with Gasteiger partial charge in [0.25, 0.3) is 0 Å². The highest BCUT2D eigenvalue weighted by Crippen LogP contribution is 2.11. The van der Waals surface area contributed by atoms with Gasteiger partial charge >= 0.3 is 0 Å². The van der Waals surface area contributed by atoms with Crippen LogP contribution < -0.4 is 11.1 Å². The van der Waals surface area contributed by atoms with E-state index in [0.717, 1.165) is 19.4 Å². The van der Waals surface area contributed by atoms with Crippen molar-refractivity contribution >= 4 is 5.69 Å². The molecule has 2 nitrogen and oxygen atoms in total. The van der Waals surface area contributed by atoms with Gasteiger partial charge in [0, 0.05) is 18.3 Å². The third-order valence-corrected chi connectivity index (χ3v) is 3.00. The summed E-state index contributed by atoms with van der Waals surface area (Å²) in [5, 5.41) is 3.42. The van der Waals surface area contributed by atoms with Crippen molar-refractivity contribution in [3.63, 3.8) is 0 Å². The monoisotopic (exact) mass is 234 g/mol. The first-order valence-electron chi connectivity index (χ1n) is 6.84. The number of aryl methyl sites for hydroxylation is 1. The van der Waals surface area contributed by atoms with E-state index < -0.39 is 0 Å². The maximum atomic E-state index is 5.97. The molecule has 3 N–H and O–H groups in total. The Morgan fingerprint density at radius 1 is 1.06 bits per heavy atom. The minimum atomic E-state index is 0.340. The highest BCUT2D eigenvalue weighted by molar-refractivity contribution is 5.44. The zero-order chi connectivity index (χ0) is 12.5. The smallest absolute Gasteiger partial charge is 0.0340 e. The lowest BCUT2D eigenvalue weighted by atomic mass is 10.1. The summed E-state index contributed by atoms with van der Waals surface area (Å²) in [5.41, 5.74) is 8.59. The van der Waals surface area contributed by atoms with E-state index in [1.54, 1.807) is 0 Å². The molecule has 0 saturated heterocycles. The number of benzene rings is 1. The van der Waals surface area contributed by atoms with Gasteiger partial charge in [-0.3, -0.25) is 0 Å². The first kappa shape index (κ1) is 14.0. The summed E-state index contributed by atoms with van der Waals surface area (Å²) >= 11 is 0. The van der Waals surface area contributed by atoms with Crippen LogP contribution in [0.3, 0.4) is 0 Å². The second-order valence-electron chi connectivity index (χ2n) is 4.71. The Hall–Kier alpha value is -1.02. The Balaban J connectivity index is 2.27. The number of rotatable bonds is 8. The molecular weight excluding hydrogens is 208 g/mol. The molecule has 1 aromatic rings. The van der Waals surface area contributed by atoms with E-state index in [0.29, 0.717) is 6.04 Å². The van der Waals surface area contributed by atoms with E-state index in [4.69, 9.17) is 5.73 Å². The molecular formula is C15H26N2. The maximum Gasteiger partial charge on any atom is 0.0340 e. The predicted molar refractivity (Wildman–Crippen MR) is 76.4 cm³/mol. The van der Waals surface area contributed by atoms with Crippen molar-refractivity contribution in [2.45, 2.75) is 52.0 Å². The SMILES string of the molecule is CCCc1ccc(NCCC(N)CCC)cc1. The van der Waals surface area contributed by atoms with Crippen molar-refractivity contribution in [1.82, 2.24) is 0 Å². The van der Waals surface area contributed by atoms with Gasteiger partial charge in [-0.15, -0.1) is 0 Å². The molecule has 0 aromatic heterocycles. The van der Waals surface area contributed by atoms with Crippen molar-refractivity contribution in [2.24, 2.45) is 5.73 Å². The lowest BCUT2D eigenvalue weighted by Crippen LogP contribution is -2.22. The summed E-state index contributed by atoms with van der Waals surface area (Å²) in [6.07, 6.45) is 5.72. The molecule has 1 rings (SSSR count). The lowest BCUT2D eigenvalue weighted by molar-refractivity contribution is 0.575. The first-order valence-corrected chi connectivity index (χ1v) is 6.84. The molecule has 0 radical (unpaired) electrons. The van der Waals surface area contributed by atoms with E-state index in [1.165, 1.54) is 30.5 Å². The summed E-state index contributed by atoms with van der Waals surface area (Å²) < 4.78 is 0. The van der Waals surface area contributed by atoms with Gasteiger partial charge in [0.1, 0.15) is 0 Å². The van der Waals surface area contributed by atoms with Crippen LogP contribution in [0.5, 0.6) is 0 Å². The molecule has 0 spiro atoms. The Morgan fingerprint density at radius 2 is 1.76 bits per heavy atom. The van der Waals surface area contributed by atoms with Gasteiger partial charge in [-0.1, -0.05) is 38.8 Å².